The Bertz CT molecular complexity index is 534. The molecule has 1 aromatic carbocycles. The second-order valence-electron chi connectivity index (χ2n) is 4.33. The zero-order chi connectivity index (χ0) is 11.8. The predicted octanol–water partition coefficient (Wildman–Crippen LogP) is 3.02. The van der Waals surface area contributed by atoms with Crippen LogP contribution in [0.2, 0.25) is 0 Å². The molecule has 0 amide bonds. The minimum atomic E-state index is -0.130. The van der Waals surface area contributed by atoms with Crippen molar-refractivity contribution in [2.75, 3.05) is 18.0 Å². The smallest absolute Gasteiger partial charge is 0.186 e. The van der Waals surface area contributed by atoms with Crippen molar-refractivity contribution >= 4 is 42.6 Å². The van der Waals surface area contributed by atoms with Gasteiger partial charge in [-0.15, -0.1) is 0 Å². The molecular formula is C12H13BrN2OS. The van der Waals surface area contributed by atoms with Gasteiger partial charge in [-0.3, -0.25) is 0 Å². The molecule has 0 saturated carbocycles. The molecular weight excluding hydrogens is 300 g/mol. The molecule has 17 heavy (non-hydrogen) atoms. The van der Waals surface area contributed by atoms with Crippen LogP contribution >= 0.6 is 27.3 Å². The molecule has 3 nitrogen and oxygen atoms in total. The maximum Gasteiger partial charge on any atom is 0.186 e. The van der Waals surface area contributed by atoms with E-state index in [-0.39, 0.29) is 6.10 Å². The lowest BCUT2D eigenvalue weighted by Crippen LogP contribution is -2.35. The van der Waals surface area contributed by atoms with Crippen LogP contribution in [0.4, 0.5) is 5.13 Å². The molecule has 0 atom stereocenters. The van der Waals surface area contributed by atoms with E-state index < -0.39 is 0 Å². The average molecular weight is 313 g/mol. The van der Waals surface area contributed by atoms with Crippen LogP contribution in [0.15, 0.2) is 22.7 Å². The Kier molecular flexibility index (Phi) is 3.06. The maximum absolute atomic E-state index is 9.50. The van der Waals surface area contributed by atoms with E-state index in [1.54, 1.807) is 11.3 Å². The van der Waals surface area contributed by atoms with E-state index in [1.807, 2.05) is 12.1 Å². The lowest BCUT2D eigenvalue weighted by atomic mass is 10.1. The molecule has 0 radical (unpaired) electrons. The summed E-state index contributed by atoms with van der Waals surface area (Å²) in [5.74, 6) is 0. The van der Waals surface area contributed by atoms with Gasteiger partial charge >= 0.3 is 0 Å². The Morgan fingerprint density at radius 2 is 2.12 bits per heavy atom. The second-order valence-corrected chi connectivity index (χ2v) is 6.25. The van der Waals surface area contributed by atoms with Gasteiger partial charge in [-0.25, -0.2) is 4.98 Å². The van der Waals surface area contributed by atoms with Gasteiger partial charge in [0, 0.05) is 17.6 Å². The van der Waals surface area contributed by atoms with Gasteiger partial charge in [0.2, 0.25) is 0 Å². The Morgan fingerprint density at radius 3 is 2.88 bits per heavy atom. The van der Waals surface area contributed by atoms with Gasteiger partial charge in [-0.2, -0.15) is 0 Å². The third-order valence-electron chi connectivity index (χ3n) is 3.07. The number of halogens is 1. The summed E-state index contributed by atoms with van der Waals surface area (Å²) in [5.41, 5.74) is 1.05. The highest BCUT2D eigenvalue weighted by Crippen LogP contribution is 2.32. The Morgan fingerprint density at radius 1 is 1.35 bits per heavy atom. The van der Waals surface area contributed by atoms with Crippen molar-refractivity contribution in [2.24, 2.45) is 0 Å². The van der Waals surface area contributed by atoms with Gasteiger partial charge in [0.05, 0.1) is 16.3 Å². The number of fused-ring (bicyclic) bond motifs is 1. The maximum atomic E-state index is 9.50. The average Bonchev–Trinajstić information content (AvgIpc) is 2.72. The monoisotopic (exact) mass is 312 g/mol. The quantitative estimate of drug-likeness (QED) is 0.879. The molecule has 1 fully saturated rings. The molecule has 3 rings (SSSR count). The van der Waals surface area contributed by atoms with E-state index in [0.717, 1.165) is 41.1 Å². The van der Waals surface area contributed by atoms with Crippen molar-refractivity contribution in [2.45, 2.75) is 18.9 Å². The number of anilines is 1. The molecule has 0 bridgehead atoms. The molecule has 1 saturated heterocycles. The zero-order valence-corrected chi connectivity index (χ0v) is 11.7. The summed E-state index contributed by atoms with van der Waals surface area (Å²) in [5, 5.41) is 10.6. The molecule has 2 aromatic rings. The van der Waals surface area contributed by atoms with Crippen LogP contribution in [0.3, 0.4) is 0 Å². The molecule has 90 valence electrons. The van der Waals surface area contributed by atoms with Crippen LogP contribution in [-0.4, -0.2) is 29.3 Å². The van der Waals surface area contributed by atoms with E-state index in [4.69, 9.17) is 0 Å². The number of hydrogen-bond donors (Lipinski definition) is 1. The first kappa shape index (κ1) is 11.4. The summed E-state index contributed by atoms with van der Waals surface area (Å²) in [7, 11) is 0. The number of hydrogen-bond acceptors (Lipinski definition) is 4. The number of benzene rings is 1. The van der Waals surface area contributed by atoms with Crippen molar-refractivity contribution in [3.05, 3.63) is 22.7 Å². The van der Waals surface area contributed by atoms with Crippen molar-refractivity contribution < 1.29 is 5.11 Å². The summed E-state index contributed by atoms with van der Waals surface area (Å²) in [6.07, 6.45) is 1.56. The van der Waals surface area contributed by atoms with E-state index in [1.165, 1.54) is 4.70 Å². The van der Waals surface area contributed by atoms with Gasteiger partial charge in [0.25, 0.3) is 0 Å². The fraction of sp³-hybridized carbons (Fsp3) is 0.417. The van der Waals surface area contributed by atoms with Gasteiger partial charge in [0.15, 0.2) is 5.13 Å². The molecule has 1 aromatic heterocycles. The van der Waals surface area contributed by atoms with Crippen molar-refractivity contribution in [1.29, 1.82) is 0 Å². The first-order chi connectivity index (χ1) is 8.22. The van der Waals surface area contributed by atoms with Gasteiger partial charge < -0.3 is 10.0 Å². The van der Waals surface area contributed by atoms with Crippen LogP contribution in [0, 0.1) is 0 Å². The minimum Gasteiger partial charge on any atom is -0.393 e. The number of piperidine rings is 1. The van der Waals surface area contributed by atoms with Crippen LogP contribution in [0.5, 0.6) is 0 Å². The standard InChI is InChI=1S/C12H13BrN2OS/c13-8-1-2-10-11(7-8)17-12(14-10)15-5-3-9(16)4-6-15/h1-2,7,9,16H,3-6H2. The third-order valence-corrected chi connectivity index (χ3v) is 4.65. The van der Waals surface area contributed by atoms with Crippen LogP contribution in [0.25, 0.3) is 10.2 Å². The number of rotatable bonds is 1. The van der Waals surface area contributed by atoms with E-state index >= 15 is 0 Å². The van der Waals surface area contributed by atoms with Gasteiger partial charge in [-0.1, -0.05) is 27.3 Å². The Balaban J connectivity index is 1.90. The van der Waals surface area contributed by atoms with Crippen LogP contribution < -0.4 is 4.90 Å². The first-order valence-electron chi connectivity index (χ1n) is 5.71. The Hall–Kier alpha value is -0.650. The fourth-order valence-electron chi connectivity index (χ4n) is 2.08. The number of aliphatic hydroxyl groups excluding tert-OH is 1. The lowest BCUT2D eigenvalue weighted by Gasteiger charge is -2.28. The van der Waals surface area contributed by atoms with Gasteiger partial charge in [-0.05, 0) is 31.0 Å². The highest BCUT2D eigenvalue weighted by atomic mass is 79.9. The van der Waals surface area contributed by atoms with Crippen LogP contribution in [0.1, 0.15) is 12.8 Å². The number of aromatic nitrogens is 1. The highest BCUT2D eigenvalue weighted by molar-refractivity contribution is 9.10. The number of nitrogens with zero attached hydrogens (tertiary/aromatic N) is 2. The molecule has 0 unspecified atom stereocenters. The topological polar surface area (TPSA) is 36.4 Å². The van der Waals surface area contributed by atoms with Crippen LogP contribution in [-0.2, 0) is 0 Å². The van der Waals surface area contributed by atoms with Crippen molar-refractivity contribution in [3.63, 3.8) is 0 Å². The highest BCUT2D eigenvalue weighted by Gasteiger charge is 2.19. The summed E-state index contributed by atoms with van der Waals surface area (Å²) in [4.78, 5) is 6.91. The molecule has 1 aliphatic heterocycles. The van der Waals surface area contributed by atoms with E-state index in [9.17, 15) is 5.11 Å². The van der Waals surface area contributed by atoms with E-state index in [2.05, 4.69) is 31.9 Å². The van der Waals surface area contributed by atoms with Crippen molar-refractivity contribution in [1.82, 2.24) is 4.98 Å². The summed E-state index contributed by atoms with van der Waals surface area (Å²) < 4.78 is 2.30. The third kappa shape index (κ3) is 2.32. The largest absolute Gasteiger partial charge is 0.393 e. The predicted molar refractivity (Wildman–Crippen MR) is 74.8 cm³/mol. The van der Waals surface area contributed by atoms with Crippen molar-refractivity contribution in [3.8, 4) is 0 Å². The van der Waals surface area contributed by atoms with E-state index in [0.29, 0.717) is 0 Å². The molecule has 0 aliphatic carbocycles. The fourth-order valence-corrected chi connectivity index (χ4v) is 3.65. The lowest BCUT2D eigenvalue weighted by molar-refractivity contribution is 0.145. The van der Waals surface area contributed by atoms with Gasteiger partial charge in [0.1, 0.15) is 0 Å². The molecule has 0 spiro atoms. The molecule has 5 heteroatoms. The zero-order valence-electron chi connectivity index (χ0n) is 9.27. The molecule has 1 N–H and O–H groups in total. The SMILES string of the molecule is OC1CCN(c2nc3ccc(Br)cc3s2)CC1. The molecule has 2 heterocycles. The minimum absolute atomic E-state index is 0.130. The number of thiazole rings is 1. The first-order valence-corrected chi connectivity index (χ1v) is 7.32. The second kappa shape index (κ2) is 4.55. The normalized spacial score (nSPS) is 17.9. The number of aliphatic hydroxyl groups is 1. The summed E-state index contributed by atoms with van der Waals surface area (Å²) in [6.45, 7) is 1.81. The summed E-state index contributed by atoms with van der Waals surface area (Å²) >= 11 is 5.20. The Labute approximate surface area is 112 Å². The molecule has 1 aliphatic rings. The summed E-state index contributed by atoms with van der Waals surface area (Å²) in [6, 6.07) is 6.17.